The molecule has 4 heteroatoms. The van der Waals surface area contributed by atoms with Gasteiger partial charge in [0.1, 0.15) is 0 Å². The van der Waals surface area contributed by atoms with Crippen LogP contribution in [0.2, 0.25) is 0 Å². The van der Waals surface area contributed by atoms with Gasteiger partial charge in [0.05, 0.1) is 6.10 Å². The molecule has 0 bridgehead atoms. The molecule has 3 unspecified atom stereocenters. The van der Waals surface area contributed by atoms with Gasteiger partial charge >= 0.3 is 0 Å². The Morgan fingerprint density at radius 1 is 1.28 bits per heavy atom. The number of hydrogen-bond acceptors (Lipinski definition) is 2. The molecule has 2 aliphatic rings. The molecule has 3 atom stereocenters. The zero-order valence-electron chi connectivity index (χ0n) is 11.0. The second-order valence-electron chi connectivity index (χ2n) is 5.61. The summed E-state index contributed by atoms with van der Waals surface area (Å²) in [4.78, 5) is 12.4. The Balaban J connectivity index is 1.56. The van der Waals surface area contributed by atoms with Gasteiger partial charge in [-0.2, -0.15) is 0 Å². The smallest absolute Gasteiger partial charge is 0.220 e. The van der Waals surface area contributed by atoms with Crippen molar-refractivity contribution in [2.24, 2.45) is 5.92 Å². The molecular weight excluding hydrogens is 294 g/mol. The molecule has 104 valence electrons. The summed E-state index contributed by atoms with van der Waals surface area (Å²) in [5.74, 6) is 0.858. The molecule has 18 heavy (non-hydrogen) atoms. The average molecular weight is 318 g/mol. The van der Waals surface area contributed by atoms with Crippen LogP contribution in [0.1, 0.15) is 51.4 Å². The first-order valence-corrected chi connectivity index (χ1v) is 8.18. The first kappa shape index (κ1) is 14.3. The molecule has 2 rings (SSSR count). The van der Waals surface area contributed by atoms with Gasteiger partial charge in [0.2, 0.25) is 5.91 Å². The number of alkyl halides is 1. The van der Waals surface area contributed by atoms with Crippen molar-refractivity contribution < 1.29 is 9.53 Å². The lowest BCUT2D eigenvalue weighted by molar-refractivity contribution is -0.121. The van der Waals surface area contributed by atoms with Crippen LogP contribution in [0.15, 0.2) is 0 Å². The highest BCUT2D eigenvalue weighted by molar-refractivity contribution is 9.09. The van der Waals surface area contributed by atoms with Crippen molar-refractivity contribution in [1.29, 1.82) is 0 Å². The summed E-state index contributed by atoms with van der Waals surface area (Å²) >= 11 is 3.68. The first-order chi connectivity index (χ1) is 8.74. The van der Waals surface area contributed by atoms with Gasteiger partial charge < -0.3 is 10.1 Å². The molecule has 1 aliphatic heterocycles. The van der Waals surface area contributed by atoms with Crippen molar-refractivity contribution in [1.82, 2.24) is 5.32 Å². The topological polar surface area (TPSA) is 38.3 Å². The zero-order valence-corrected chi connectivity index (χ0v) is 12.6. The normalized spacial score (nSPS) is 32.4. The third-order valence-electron chi connectivity index (χ3n) is 4.02. The van der Waals surface area contributed by atoms with Crippen LogP contribution in [0, 0.1) is 5.92 Å². The van der Waals surface area contributed by atoms with Crippen LogP contribution in [0.3, 0.4) is 0 Å². The van der Waals surface area contributed by atoms with Gasteiger partial charge in [0.15, 0.2) is 0 Å². The molecular formula is C14H24BrNO2. The molecule has 0 aromatic carbocycles. The van der Waals surface area contributed by atoms with Crippen LogP contribution in [-0.2, 0) is 9.53 Å². The largest absolute Gasteiger partial charge is 0.378 e. The Kier molecular flexibility index (Phi) is 5.96. The maximum atomic E-state index is 11.7. The molecule has 0 spiro atoms. The van der Waals surface area contributed by atoms with E-state index in [0.29, 0.717) is 23.3 Å². The number of halogens is 1. The summed E-state index contributed by atoms with van der Waals surface area (Å²) in [6, 6.07) is 0. The van der Waals surface area contributed by atoms with E-state index in [1.165, 1.54) is 25.7 Å². The molecule has 1 heterocycles. The summed E-state index contributed by atoms with van der Waals surface area (Å²) in [7, 11) is 0. The number of carbonyl (C=O) groups excluding carboxylic acids is 1. The maximum Gasteiger partial charge on any atom is 0.220 e. The van der Waals surface area contributed by atoms with Crippen LogP contribution in [0.5, 0.6) is 0 Å². The number of hydrogen-bond donors (Lipinski definition) is 1. The predicted molar refractivity (Wildman–Crippen MR) is 75.9 cm³/mol. The second-order valence-corrected chi connectivity index (χ2v) is 6.90. The molecule has 1 saturated heterocycles. The highest BCUT2D eigenvalue weighted by atomic mass is 79.9. The van der Waals surface area contributed by atoms with Crippen LogP contribution in [0.4, 0.5) is 0 Å². The van der Waals surface area contributed by atoms with Crippen molar-refractivity contribution in [3.05, 3.63) is 0 Å². The number of ether oxygens (including phenoxy) is 1. The SMILES string of the molecule is O=C(CCC1CCCO1)NCC1CCCC(Br)C1. The molecule has 1 N–H and O–H groups in total. The summed E-state index contributed by atoms with van der Waals surface area (Å²) in [6.07, 6.45) is 9.14. The fourth-order valence-corrected chi connectivity index (χ4v) is 3.77. The van der Waals surface area contributed by atoms with E-state index in [4.69, 9.17) is 4.74 Å². The van der Waals surface area contributed by atoms with E-state index in [1.54, 1.807) is 0 Å². The van der Waals surface area contributed by atoms with E-state index < -0.39 is 0 Å². The van der Waals surface area contributed by atoms with Gasteiger partial charge in [-0.05, 0) is 44.4 Å². The summed E-state index contributed by atoms with van der Waals surface area (Å²) in [5.41, 5.74) is 0. The van der Waals surface area contributed by atoms with Crippen LogP contribution in [-0.4, -0.2) is 30.0 Å². The van der Waals surface area contributed by atoms with E-state index in [2.05, 4.69) is 21.2 Å². The number of carbonyl (C=O) groups is 1. The van der Waals surface area contributed by atoms with E-state index in [0.717, 1.165) is 32.4 Å². The monoisotopic (exact) mass is 317 g/mol. The summed E-state index contributed by atoms with van der Waals surface area (Å²) in [5, 5.41) is 3.08. The molecule has 1 saturated carbocycles. The van der Waals surface area contributed by atoms with Crippen LogP contribution < -0.4 is 5.32 Å². The van der Waals surface area contributed by atoms with Crippen molar-refractivity contribution >= 4 is 21.8 Å². The highest BCUT2D eigenvalue weighted by Crippen LogP contribution is 2.28. The van der Waals surface area contributed by atoms with E-state index in [9.17, 15) is 4.79 Å². The fourth-order valence-electron chi connectivity index (χ4n) is 2.92. The lowest BCUT2D eigenvalue weighted by Gasteiger charge is -2.25. The van der Waals surface area contributed by atoms with Gasteiger partial charge in [-0.3, -0.25) is 4.79 Å². The average Bonchev–Trinajstić information content (AvgIpc) is 2.87. The lowest BCUT2D eigenvalue weighted by atomic mass is 9.89. The van der Waals surface area contributed by atoms with Gasteiger partial charge in [0, 0.05) is 24.4 Å². The standard InChI is InChI=1S/C14H24BrNO2/c15-12-4-1-3-11(9-12)10-16-14(17)7-6-13-5-2-8-18-13/h11-13H,1-10H2,(H,16,17). The zero-order chi connectivity index (χ0) is 12.8. The number of rotatable bonds is 5. The minimum absolute atomic E-state index is 0.196. The third kappa shape index (κ3) is 4.88. The Morgan fingerprint density at radius 2 is 2.17 bits per heavy atom. The molecule has 3 nitrogen and oxygen atoms in total. The quantitative estimate of drug-likeness (QED) is 0.791. The number of amides is 1. The van der Waals surface area contributed by atoms with Crippen LogP contribution >= 0.6 is 15.9 Å². The highest BCUT2D eigenvalue weighted by Gasteiger charge is 2.21. The minimum atomic E-state index is 0.196. The van der Waals surface area contributed by atoms with Gasteiger partial charge in [-0.25, -0.2) is 0 Å². The summed E-state index contributed by atoms with van der Waals surface area (Å²) < 4.78 is 5.53. The maximum absolute atomic E-state index is 11.7. The van der Waals surface area contributed by atoms with E-state index >= 15 is 0 Å². The number of nitrogens with one attached hydrogen (secondary N) is 1. The minimum Gasteiger partial charge on any atom is -0.378 e. The Morgan fingerprint density at radius 3 is 2.89 bits per heavy atom. The van der Waals surface area contributed by atoms with E-state index in [-0.39, 0.29) is 5.91 Å². The van der Waals surface area contributed by atoms with Crippen molar-refractivity contribution in [3.8, 4) is 0 Å². The molecule has 2 fully saturated rings. The van der Waals surface area contributed by atoms with E-state index in [1.807, 2.05) is 0 Å². The molecule has 0 aromatic rings. The molecule has 0 radical (unpaired) electrons. The lowest BCUT2D eigenvalue weighted by Crippen LogP contribution is -2.32. The molecule has 1 amide bonds. The third-order valence-corrected chi connectivity index (χ3v) is 4.86. The fraction of sp³-hybridized carbons (Fsp3) is 0.929. The van der Waals surface area contributed by atoms with Crippen molar-refractivity contribution in [3.63, 3.8) is 0 Å². The molecule has 0 aromatic heterocycles. The molecule has 1 aliphatic carbocycles. The van der Waals surface area contributed by atoms with Crippen LogP contribution in [0.25, 0.3) is 0 Å². The second kappa shape index (κ2) is 7.49. The Bertz CT molecular complexity index is 267. The van der Waals surface area contributed by atoms with Crippen molar-refractivity contribution in [2.75, 3.05) is 13.2 Å². The Hall–Kier alpha value is -0.0900. The summed E-state index contributed by atoms with van der Waals surface area (Å²) in [6.45, 7) is 1.73. The predicted octanol–water partition coefficient (Wildman–Crippen LogP) is 3.02. The Labute approximate surface area is 118 Å². The van der Waals surface area contributed by atoms with Gasteiger partial charge in [0.25, 0.3) is 0 Å². The van der Waals surface area contributed by atoms with Gasteiger partial charge in [-0.15, -0.1) is 0 Å². The van der Waals surface area contributed by atoms with Gasteiger partial charge in [-0.1, -0.05) is 22.4 Å². The first-order valence-electron chi connectivity index (χ1n) is 7.26. The van der Waals surface area contributed by atoms with Crippen molar-refractivity contribution in [2.45, 2.75) is 62.3 Å².